The van der Waals surface area contributed by atoms with Gasteiger partial charge in [-0.05, 0) is 48.4 Å². The first kappa shape index (κ1) is 21.8. The van der Waals surface area contributed by atoms with Crippen LogP contribution in [0.4, 0.5) is 4.39 Å². The van der Waals surface area contributed by atoms with Crippen molar-refractivity contribution >= 4 is 27.5 Å². The van der Waals surface area contributed by atoms with Crippen LogP contribution >= 0.6 is 11.3 Å². The zero-order chi connectivity index (χ0) is 22.8. The van der Waals surface area contributed by atoms with Crippen molar-refractivity contribution in [1.29, 1.82) is 0 Å². The van der Waals surface area contributed by atoms with Crippen LogP contribution in [0.3, 0.4) is 0 Å². The second kappa shape index (κ2) is 9.00. The molecular formula is C24H24FN3O3S. The molecule has 0 radical (unpaired) electrons. The molecular weight excluding hydrogens is 429 g/mol. The number of benzene rings is 2. The molecule has 0 spiro atoms. The maximum atomic E-state index is 13.2. The molecule has 1 amide bonds. The minimum Gasteiger partial charge on any atom is -0.493 e. The highest BCUT2D eigenvalue weighted by molar-refractivity contribution is 7.20. The molecule has 0 fully saturated rings. The summed E-state index contributed by atoms with van der Waals surface area (Å²) in [5.74, 6) is 0.950. The van der Waals surface area contributed by atoms with Gasteiger partial charge in [0.2, 0.25) is 0 Å². The highest BCUT2D eigenvalue weighted by Crippen LogP contribution is 2.31. The van der Waals surface area contributed by atoms with Gasteiger partial charge >= 0.3 is 0 Å². The predicted octanol–water partition coefficient (Wildman–Crippen LogP) is 4.88. The van der Waals surface area contributed by atoms with E-state index in [2.05, 4.69) is 5.10 Å². The Bertz CT molecular complexity index is 1260. The molecule has 166 valence electrons. The third-order valence-electron chi connectivity index (χ3n) is 5.28. The highest BCUT2D eigenvalue weighted by Gasteiger charge is 2.20. The smallest absolute Gasteiger partial charge is 0.264 e. The van der Waals surface area contributed by atoms with Crippen LogP contribution in [0.5, 0.6) is 11.5 Å². The number of carbonyl (C=O) groups is 1. The second-order valence-electron chi connectivity index (χ2n) is 7.55. The summed E-state index contributed by atoms with van der Waals surface area (Å²) in [5, 5.41) is 5.56. The molecule has 2 heterocycles. The molecule has 0 bridgehead atoms. The SMILES string of the molecule is COc1ccc(CN(C)C(=O)c2cc3c(C)nn(Cc4ccc(F)cc4)c3s2)cc1OC. The number of carbonyl (C=O) groups excluding carboxylic acids is 1. The van der Waals surface area contributed by atoms with Crippen molar-refractivity contribution in [3.8, 4) is 11.5 Å². The van der Waals surface area contributed by atoms with Gasteiger partial charge in [0.15, 0.2) is 11.5 Å². The molecule has 8 heteroatoms. The molecule has 32 heavy (non-hydrogen) atoms. The lowest BCUT2D eigenvalue weighted by molar-refractivity contribution is 0.0790. The third kappa shape index (κ3) is 4.31. The minimum atomic E-state index is -0.267. The van der Waals surface area contributed by atoms with Gasteiger partial charge in [0.25, 0.3) is 5.91 Å². The molecule has 0 atom stereocenters. The Kier molecular flexibility index (Phi) is 6.14. The number of rotatable bonds is 7. The lowest BCUT2D eigenvalue weighted by atomic mass is 10.2. The molecule has 0 aliphatic rings. The maximum Gasteiger partial charge on any atom is 0.264 e. The van der Waals surface area contributed by atoms with Crippen LogP contribution < -0.4 is 9.47 Å². The minimum absolute atomic E-state index is 0.0614. The quantitative estimate of drug-likeness (QED) is 0.400. The van der Waals surface area contributed by atoms with E-state index in [1.807, 2.05) is 35.9 Å². The van der Waals surface area contributed by atoms with Gasteiger partial charge in [-0.1, -0.05) is 18.2 Å². The number of hydrogen-bond donors (Lipinski definition) is 0. The summed E-state index contributed by atoms with van der Waals surface area (Å²) < 4.78 is 25.7. The normalized spacial score (nSPS) is 11.0. The number of hydrogen-bond acceptors (Lipinski definition) is 5. The van der Waals surface area contributed by atoms with Crippen molar-refractivity contribution in [3.05, 3.63) is 76.0 Å². The topological polar surface area (TPSA) is 56.6 Å². The summed E-state index contributed by atoms with van der Waals surface area (Å²) in [4.78, 5) is 16.4. The molecule has 0 saturated carbocycles. The van der Waals surface area contributed by atoms with E-state index in [4.69, 9.17) is 9.47 Å². The fourth-order valence-electron chi connectivity index (χ4n) is 3.60. The van der Waals surface area contributed by atoms with Gasteiger partial charge in [-0.15, -0.1) is 11.3 Å². The lowest BCUT2D eigenvalue weighted by Crippen LogP contribution is -2.25. The number of thiophene rings is 1. The van der Waals surface area contributed by atoms with Crippen molar-refractivity contribution in [2.45, 2.75) is 20.0 Å². The van der Waals surface area contributed by atoms with Crippen LogP contribution in [0.25, 0.3) is 10.2 Å². The summed E-state index contributed by atoms with van der Waals surface area (Å²) in [7, 11) is 4.96. The summed E-state index contributed by atoms with van der Waals surface area (Å²) in [5.41, 5.74) is 2.75. The van der Waals surface area contributed by atoms with Gasteiger partial charge in [-0.3, -0.25) is 9.48 Å². The van der Waals surface area contributed by atoms with Gasteiger partial charge in [0, 0.05) is 19.0 Å². The molecule has 0 N–H and O–H groups in total. The highest BCUT2D eigenvalue weighted by atomic mass is 32.1. The Morgan fingerprint density at radius 1 is 1.06 bits per heavy atom. The number of aryl methyl sites for hydroxylation is 1. The van der Waals surface area contributed by atoms with E-state index in [0.29, 0.717) is 29.5 Å². The van der Waals surface area contributed by atoms with Crippen LogP contribution in [0.2, 0.25) is 0 Å². The van der Waals surface area contributed by atoms with Gasteiger partial charge < -0.3 is 14.4 Å². The Labute approximate surface area is 189 Å². The largest absolute Gasteiger partial charge is 0.493 e. The number of aromatic nitrogens is 2. The standard InChI is InChI=1S/C24H24FN3O3S/c1-15-19-12-22(32-24(19)28(26-15)14-16-5-8-18(25)9-6-16)23(29)27(2)13-17-7-10-20(30-3)21(11-17)31-4/h5-12H,13-14H2,1-4H3. The Hall–Kier alpha value is -3.39. The number of halogens is 1. The number of ether oxygens (including phenoxy) is 2. The van der Waals surface area contributed by atoms with E-state index >= 15 is 0 Å². The summed E-state index contributed by atoms with van der Waals surface area (Å²) in [6.07, 6.45) is 0. The van der Waals surface area contributed by atoms with Crippen molar-refractivity contribution < 1.29 is 18.7 Å². The molecule has 4 rings (SSSR count). The van der Waals surface area contributed by atoms with E-state index < -0.39 is 0 Å². The fraction of sp³-hybridized carbons (Fsp3) is 0.250. The third-order valence-corrected chi connectivity index (χ3v) is 6.41. The number of fused-ring (bicyclic) bond motifs is 1. The van der Waals surface area contributed by atoms with E-state index in [1.54, 1.807) is 38.3 Å². The number of methoxy groups -OCH3 is 2. The fourth-order valence-corrected chi connectivity index (χ4v) is 4.76. The number of amides is 1. The number of nitrogens with zero attached hydrogens (tertiary/aromatic N) is 3. The lowest BCUT2D eigenvalue weighted by Gasteiger charge is -2.17. The first-order valence-electron chi connectivity index (χ1n) is 10.1. The van der Waals surface area contributed by atoms with Crippen LogP contribution in [0.15, 0.2) is 48.5 Å². The average molecular weight is 454 g/mol. The van der Waals surface area contributed by atoms with Crippen molar-refractivity contribution in [2.24, 2.45) is 0 Å². The molecule has 0 saturated heterocycles. The monoisotopic (exact) mass is 453 g/mol. The van der Waals surface area contributed by atoms with Gasteiger partial charge in [-0.25, -0.2) is 4.39 Å². The van der Waals surface area contributed by atoms with Gasteiger partial charge in [0.05, 0.1) is 31.3 Å². The van der Waals surface area contributed by atoms with Crippen molar-refractivity contribution in [3.63, 3.8) is 0 Å². The first-order chi connectivity index (χ1) is 15.4. The van der Waals surface area contributed by atoms with Crippen LogP contribution in [-0.4, -0.2) is 41.9 Å². The molecule has 0 aliphatic heterocycles. The zero-order valence-corrected chi connectivity index (χ0v) is 19.2. The Morgan fingerprint density at radius 2 is 1.75 bits per heavy atom. The molecule has 0 aliphatic carbocycles. The molecule has 0 unspecified atom stereocenters. The molecule has 4 aromatic rings. The van der Waals surface area contributed by atoms with Crippen molar-refractivity contribution in [1.82, 2.24) is 14.7 Å². The van der Waals surface area contributed by atoms with Gasteiger partial charge in [-0.2, -0.15) is 5.10 Å². The zero-order valence-electron chi connectivity index (χ0n) is 18.4. The van der Waals surface area contributed by atoms with E-state index in [9.17, 15) is 9.18 Å². The van der Waals surface area contributed by atoms with Crippen LogP contribution in [0.1, 0.15) is 26.5 Å². The maximum absolute atomic E-state index is 13.2. The van der Waals surface area contributed by atoms with Crippen LogP contribution in [-0.2, 0) is 13.1 Å². The second-order valence-corrected chi connectivity index (χ2v) is 8.58. The molecule has 2 aromatic carbocycles. The summed E-state index contributed by atoms with van der Waals surface area (Å²) in [6.45, 7) is 2.88. The molecule has 6 nitrogen and oxygen atoms in total. The Balaban J connectivity index is 1.55. The average Bonchev–Trinajstić information content (AvgIpc) is 3.35. The van der Waals surface area contributed by atoms with Crippen molar-refractivity contribution in [2.75, 3.05) is 21.3 Å². The summed E-state index contributed by atoms with van der Waals surface area (Å²) in [6, 6.07) is 13.9. The van der Waals surface area contributed by atoms with Crippen LogP contribution in [0, 0.1) is 12.7 Å². The molecule has 2 aromatic heterocycles. The predicted molar refractivity (Wildman–Crippen MR) is 123 cm³/mol. The van der Waals surface area contributed by atoms with E-state index in [0.717, 1.165) is 27.0 Å². The Morgan fingerprint density at radius 3 is 2.44 bits per heavy atom. The van der Waals surface area contributed by atoms with E-state index in [-0.39, 0.29) is 11.7 Å². The first-order valence-corrected chi connectivity index (χ1v) is 10.9. The summed E-state index contributed by atoms with van der Waals surface area (Å²) >= 11 is 1.42. The van der Waals surface area contributed by atoms with Gasteiger partial charge in [0.1, 0.15) is 10.6 Å². The van der Waals surface area contributed by atoms with E-state index in [1.165, 1.54) is 23.5 Å².